The van der Waals surface area contributed by atoms with E-state index in [2.05, 4.69) is 5.32 Å². The smallest absolute Gasteiger partial charge is 0.409 e. The van der Waals surface area contributed by atoms with Crippen molar-refractivity contribution < 1.29 is 23.9 Å². The summed E-state index contributed by atoms with van der Waals surface area (Å²) in [5.74, 6) is -0.740. The first-order valence-corrected chi connectivity index (χ1v) is 11.1. The summed E-state index contributed by atoms with van der Waals surface area (Å²) in [5, 5.41) is 4.57. The summed E-state index contributed by atoms with van der Waals surface area (Å²) in [6, 6.07) is 10.9. The third-order valence-electron chi connectivity index (χ3n) is 6.03. The highest BCUT2D eigenvalue weighted by molar-refractivity contribution is 6.25. The van der Waals surface area contributed by atoms with Crippen LogP contribution in [0.1, 0.15) is 53.3 Å². The summed E-state index contributed by atoms with van der Waals surface area (Å²) in [6.45, 7) is 3.40. The van der Waals surface area contributed by atoms with Gasteiger partial charge in [-0.1, -0.05) is 24.3 Å². The molecule has 0 bridgehead atoms. The summed E-state index contributed by atoms with van der Waals surface area (Å²) < 4.78 is 5.01. The molecular formula is C24H27N3O5. The Morgan fingerprint density at radius 3 is 2.25 bits per heavy atom. The van der Waals surface area contributed by atoms with E-state index < -0.39 is 0 Å². The number of imide groups is 1. The van der Waals surface area contributed by atoms with Gasteiger partial charge in [-0.25, -0.2) is 4.79 Å². The van der Waals surface area contributed by atoms with E-state index in [4.69, 9.17) is 4.74 Å². The Balaban J connectivity index is 1.28. The highest BCUT2D eigenvalue weighted by Crippen LogP contribution is 2.30. The lowest BCUT2D eigenvalue weighted by molar-refractivity contribution is -0.122. The fourth-order valence-electron chi connectivity index (χ4n) is 4.40. The molecule has 0 atom stereocenters. The molecule has 0 spiro atoms. The van der Waals surface area contributed by atoms with Crippen molar-refractivity contribution in [2.75, 3.05) is 26.2 Å². The van der Waals surface area contributed by atoms with Crippen LogP contribution in [-0.4, -0.2) is 65.9 Å². The molecule has 0 aromatic heterocycles. The molecule has 2 aromatic rings. The number of piperidine rings is 1. The van der Waals surface area contributed by atoms with E-state index in [1.165, 1.54) is 4.90 Å². The number of nitrogens with one attached hydrogen (secondary N) is 1. The van der Waals surface area contributed by atoms with Crippen LogP contribution in [0.5, 0.6) is 0 Å². The largest absolute Gasteiger partial charge is 0.450 e. The predicted octanol–water partition coefficient (Wildman–Crippen LogP) is 2.95. The molecule has 1 N–H and O–H groups in total. The number of hydrogen-bond donors (Lipinski definition) is 1. The van der Waals surface area contributed by atoms with Gasteiger partial charge in [0.2, 0.25) is 5.91 Å². The summed E-state index contributed by atoms with van der Waals surface area (Å²) in [5.41, 5.74) is 1.05. The van der Waals surface area contributed by atoms with Gasteiger partial charge in [0.1, 0.15) is 0 Å². The number of benzene rings is 2. The van der Waals surface area contributed by atoms with Crippen LogP contribution in [0.15, 0.2) is 36.4 Å². The summed E-state index contributed by atoms with van der Waals surface area (Å²) in [7, 11) is 0. The van der Waals surface area contributed by atoms with E-state index in [0.29, 0.717) is 55.5 Å². The zero-order chi connectivity index (χ0) is 22.7. The van der Waals surface area contributed by atoms with Crippen LogP contribution in [0.25, 0.3) is 10.8 Å². The topological polar surface area (TPSA) is 96.0 Å². The molecule has 0 radical (unpaired) electrons. The van der Waals surface area contributed by atoms with E-state index in [0.717, 1.165) is 5.39 Å². The van der Waals surface area contributed by atoms with Gasteiger partial charge in [0.25, 0.3) is 11.8 Å². The molecule has 1 fully saturated rings. The van der Waals surface area contributed by atoms with Crippen molar-refractivity contribution in [2.45, 2.75) is 38.6 Å². The first-order chi connectivity index (χ1) is 15.5. The van der Waals surface area contributed by atoms with Gasteiger partial charge >= 0.3 is 6.09 Å². The molecule has 0 unspecified atom stereocenters. The van der Waals surface area contributed by atoms with E-state index >= 15 is 0 Å². The van der Waals surface area contributed by atoms with Crippen molar-refractivity contribution in [3.8, 4) is 0 Å². The first kappa shape index (κ1) is 21.8. The second-order valence-corrected chi connectivity index (χ2v) is 8.10. The zero-order valence-corrected chi connectivity index (χ0v) is 18.1. The molecule has 2 aliphatic rings. The molecule has 168 valence electrons. The van der Waals surface area contributed by atoms with Crippen molar-refractivity contribution in [2.24, 2.45) is 0 Å². The zero-order valence-electron chi connectivity index (χ0n) is 18.1. The third-order valence-corrected chi connectivity index (χ3v) is 6.03. The maximum atomic E-state index is 12.9. The molecule has 1 saturated heterocycles. The van der Waals surface area contributed by atoms with Crippen LogP contribution < -0.4 is 5.32 Å². The molecular weight excluding hydrogens is 410 g/mol. The summed E-state index contributed by atoms with van der Waals surface area (Å²) in [6.07, 6.45) is 1.65. The second kappa shape index (κ2) is 9.38. The summed E-state index contributed by atoms with van der Waals surface area (Å²) in [4.78, 5) is 52.8. The van der Waals surface area contributed by atoms with Crippen molar-refractivity contribution in [1.29, 1.82) is 0 Å². The lowest BCUT2D eigenvalue weighted by Crippen LogP contribution is -2.47. The van der Waals surface area contributed by atoms with Crippen molar-refractivity contribution in [3.63, 3.8) is 0 Å². The Morgan fingerprint density at radius 1 is 1.03 bits per heavy atom. The number of amides is 4. The van der Waals surface area contributed by atoms with Crippen LogP contribution in [-0.2, 0) is 9.53 Å². The SMILES string of the molecule is CCOC(=O)N1CCC(NC(=O)CCCN2C(=O)c3cccc4cccc(c34)C2=O)CC1. The number of likely N-dealkylation sites (tertiary alicyclic amines) is 1. The average molecular weight is 437 g/mol. The fourth-order valence-corrected chi connectivity index (χ4v) is 4.40. The summed E-state index contributed by atoms with van der Waals surface area (Å²) >= 11 is 0. The Hall–Kier alpha value is -3.42. The number of carbonyl (C=O) groups is 4. The van der Waals surface area contributed by atoms with Crippen LogP contribution in [0, 0.1) is 0 Å². The van der Waals surface area contributed by atoms with Crippen LogP contribution >= 0.6 is 0 Å². The Bertz CT molecular complexity index is 1010. The highest BCUT2D eigenvalue weighted by atomic mass is 16.6. The Morgan fingerprint density at radius 2 is 1.66 bits per heavy atom. The van der Waals surface area contributed by atoms with Gasteiger partial charge in [-0.15, -0.1) is 0 Å². The molecule has 0 saturated carbocycles. The molecule has 8 heteroatoms. The molecule has 32 heavy (non-hydrogen) atoms. The normalized spacial score (nSPS) is 16.4. The molecule has 2 aliphatic heterocycles. The lowest BCUT2D eigenvalue weighted by atomic mass is 9.94. The first-order valence-electron chi connectivity index (χ1n) is 11.1. The van der Waals surface area contributed by atoms with E-state index in [1.54, 1.807) is 24.0 Å². The molecule has 4 rings (SSSR count). The molecule has 2 heterocycles. The van der Waals surface area contributed by atoms with Gasteiger partial charge in [-0.3, -0.25) is 19.3 Å². The molecule has 8 nitrogen and oxygen atoms in total. The van der Waals surface area contributed by atoms with Gasteiger partial charge in [0.05, 0.1) is 6.61 Å². The van der Waals surface area contributed by atoms with E-state index in [1.807, 2.05) is 24.3 Å². The maximum absolute atomic E-state index is 12.9. The number of nitrogens with zero attached hydrogens (tertiary/aromatic N) is 2. The number of ether oxygens (including phenoxy) is 1. The molecule has 4 amide bonds. The minimum Gasteiger partial charge on any atom is -0.450 e. The third kappa shape index (κ3) is 4.30. The van der Waals surface area contributed by atoms with Crippen molar-refractivity contribution >= 4 is 34.6 Å². The number of hydrogen-bond acceptors (Lipinski definition) is 5. The van der Waals surface area contributed by atoms with E-state index in [-0.39, 0.29) is 42.8 Å². The van der Waals surface area contributed by atoms with Gasteiger partial charge in [-0.2, -0.15) is 0 Å². The maximum Gasteiger partial charge on any atom is 0.409 e. The lowest BCUT2D eigenvalue weighted by Gasteiger charge is -2.31. The van der Waals surface area contributed by atoms with Gasteiger partial charge in [-0.05, 0) is 43.7 Å². The average Bonchev–Trinajstić information content (AvgIpc) is 2.80. The van der Waals surface area contributed by atoms with E-state index in [9.17, 15) is 19.2 Å². The number of rotatable bonds is 6. The highest BCUT2D eigenvalue weighted by Gasteiger charge is 2.32. The van der Waals surface area contributed by atoms with Gasteiger partial charge in [0.15, 0.2) is 0 Å². The van der Waals surface area contributed by atoms with Gasteiger partial charge in [0, 0.05) is 48.6 Å². The standard InChI is InChI=1S/C24H27N3O5/c1-2-32-24(31)26-14-11-17(12-15-26)25-20(28)10-5-13-27-22(29)18-8-3-6-16-7-4-9-19(21(16)18)23(27)30/h3-4,6-9,17H,2,5,10-15H2,1H3,(H,25,28). The van der Waals surface area contributed by atoms with Crippen LogP contribution in [0.4, 0.5) is 4.79 Å². The second-order valence-electron chi connectivity index (χ2n) is 8.10. The van der Waals surface area contributed by atoms with Crippen molar-refractivity contribution in [1.82, 2.24) is 15.1 Å². The predicted molar refractivity (Wildman–Crippen MR) is 118 cm³/mol. The minimum absolute atomic E-state index is 0.0101. The minimum atomic E-state index is -0.314. The molecule has 2 aromatic carbocycles. The quantitative estimate of drug-likeness (QED) is 0.701. The van der Waals surface area contributed by atoms with Crippen LogP contribution in [0.2, 0.25) is 0 Å². The Kier molecular flexibility index (Phi) is 6.39. The number of carbonyl (C=O) groups excluding carboxylic acids is 4. The Labute approximate surface area is 186 Å². The van der Waals surface area contributed by atoms with Gasteiger partial charge < -0.3 is 15.0 Å². The molecule has 0 aliphatic carbocycles. The van der Waals surface area contributed by atoms with Crippen molar-refractivity contribution in [3.05, 3.63) is 47.5 Å². The monoisotopic (exact) mass is 437 g/mol. The van der Waals surface area contributed by atoms with Crippen LogP contribution in [0.3, 0.4) is 0 Å². The fraction of sp³-hybridized carbons (Fsp3) is 0.417.